The molecule has 2 rings (SSSR count). The maximum absolute atomic E-state index is 5.32. The van der Waals surface area contributed by atoms with Gasteiger partial charge >= 0.3 is 0 Å². The third-order valence-electron chi connectivity index (χ3n) is 2.17. The Balaban J connectivity index is 2.23. The largest absolute Gasteiger partial charge is 0.375 e. The minimum absolute atomic E-state index is 0.222. The molecule has 0 fully saturated rings. The lowest BCUT2D eigenvalue weighted by Crippen LogP contribution is -2.26. The van der Waals surface area contributed by atoms with Crippen LogP contribution in [0.5, 0.6) is 0 Å². The Bertz CT molecular complexity index is 381. The van der Waals surface area contributed by atoms with Crippen molar-refractivity contribution in [2.24, 2.45) is 10.8 Å². The molecule has 3 N–H and O–H groups in total. The van der Waals surface area contributed by atoms with Gasteiger partial charge in [-0.25, -0.2) is 0 Å². The van der Waals surface area contributed by atoms with E-state index in [9.17, 15) is 0 Å². The first-order valence-electron chi connectivity index (χ1n) is 4.46. The molecule has 0 aliphatic heterocycles. The lowest BCUT2D eigenvalue weighted by atomic mass is 9.97. The van der Waals surface area contributed by atoms with Gasteiger partial charge in [-0.2, -0.15) is 5.10 Å². The summed E-state index contributed by atoms with van der Waals surface area (Å²) in [7, 11) is 0. The van der Waals surface area contributed by atoms with Crippen molar-refractivity contribution in [1.29, 1.82) is 0 Å². The van der Waals surface area contributed by atoms with Crippen LogP contribution in [0.1, 0.15) is 23.3 Å². The van der Waals surface area contributed by atoms with Crippen LogP contribution in [0.25, 0.3) is 0 Å². The quantitative estimate of drug-likeness (QED) is 0.564. The SMILES string of the molecule is NC(=S)N/N=C1/CCCc2sccc21. The molecule has 5 heteroatoms. The number of rotatable bonds is 1. The normalized spacial score (nSPS) is 17.9. The maximum atomic E-state index is 5.32. The van der Waals surface area contributed by atoms with Crippen LogP contribution < -0.4 is 11.2 Å². The Labute approximate surface area is 92.0 Å². The van der Waals surface area contributed by atoms with E-state index in [0.717, 1.165) is 18.6 Å². The molecular formula is C9H11N3S2. The second kappa shape index (κ2) is 4.06. The van der Waals surface area contributed by atoms with Gasteiger partial charge in [0.2, 0.25) is 0 Å². The summed E-state index contributed by atoms with van der Waals surface area (Å²) in [5.74, 6) is 0. The molecule has 0 amide bonds. The fourth-order valence-corrected chi connectivity index (χ4v) is 2.57. The average molecular weight is 225 g/mol. The highest BCUT2D eigenvalue weighted by atomic mass is 32.1. The number of thiocarbonyl (C=S) groups is 1. The number of hydrogen-bond acceptors (Lipinski definition) is 3. The Kier molecular flexibility index (Phi) is 2.79. The summed E-state index contributed by atoms with van der Waals surface area (Å²) in [6.07, 6.45) is 3.32. The van der Waals surface area contributed by atoms with Crippen molar-refractivity contribution < 1.29 is 0 Å². The lowest BCUT2D eigenvalue weighted by Gasteiger charge is -2.13. The smallest absolute Gasteiger partial charge is 0.184 e. The molecule has 14 heavy (non-hydrogen) atoms. The van der Waals surface area contributed by atoms with Gasteiger partial charge in [-0.15, -0.1) is 11.3 Å². The highest BCUT2D eigenvalue weighted by Gasteiger charge is 2.16. The molecule has 0 unspecified atom stereocenters. The molecule has 1 aromatic heterocycles. The van der Waals surface area contributed by atoms with Crippen LogP contribution in [-0.4, -0.2) is 10.8 Å². The van der Waals surface area contributed by atoms with Crippen LogP contribution in [0.2, 0.25) is 0 Å². The molecule has 1 aliphatic carbocycles. The highest BCUT2D eigenvalue weighted by molar-refractivity contribution is 7.80. The van der Waals surface area contributed by atoms with Crippen LogP contribution in [0.4, 0.5) is 0 Å². The van der Waals surface area contributed by atoms with Gasteiger partial charge in [0.1, 0.15) is 0 Å². The fraction of sp³-hybridized carbons (Fsp3) is 0.333. The molecule has 1 heterocycles. The van der Waals surface area contributed by atoms with Crippen LogP contribution in [0.15, 0.2) is 16.5 Å². The first kappa shape index (κ1) is 9.61. The molecule has 3 nitrogen and oxygen atoms in total. The zero-order valence-electron chi connectivity index (χ0n) is 7.62. The number of nitrogens with two attached hydrogens (primary N) is 1. The molecule has 0 saturated heterocycles. The van der Waals surface area contributed by atoms with E-state index >= 15 is 0 Å². The minimum atomic E-state index is 0.222. The summed E-state index contributed by atoms with van der Waals surface area (Å²) in [6.45, 7) is 0. The molecular weight excluding hydrogens is 214 g/mol. The molecule has 0 aromatic carbocycles. The Morgan fingerprint density at radius 3 is 3.21 bits per heavy atom. The third-order valence-corrected chi connectivity index (χ3v) is 3.25. The van der Waals surface area contributed by atoms with Crippen molar-refractivity contribution in [2.75, 3.05) is 0 Å². The van der Waals surface area contributed by atoms with E-state index in [-0.39, 0.29) is 5.11 Å². The van der Waals surface area contributed by atoms with Crippen LogP contribution in [-0.2, 0) is 6.42 Å². The number of nitrogens with zero attached hydrogens (tertiary/aromatic N) is 1. The summed E-state index contributed by atoms with van der Waals surface area (Å²) in [5.41, 5.74) is 10.3. The van der Waals surface area contributed by atoms with E-state index in [1.54, 1.807) is 11.3 Å². The van der Waals surface area contributed by atoms with Gasteiger partial charge in [-0.1, -0.05) is 0 Å². The number of aryl methyl sites for hydroxylation is 1. The zero-order valence-corrected chi connectivity index (χ0v) is 9.25. The van der Waals surface area contributed by atoms with E-state index < -0.39 is 0 Å². The summed E-state index contributed by atoms with van der Waals surface area (Å²) >= 11 is 6.49. The van der Waals surface area contributed by atoms with E-state index in [4.69, 9.17) is 18.0 Å². The van der Waals surface area contributed by atoms with Crippen molar-refractivity contribution in [1.82, 2.24) is 5.43 Å². The zero-order chi connectivity index (χ0) is 9.97. The predicted molar refractivity (Wildman–Crippen MR) is 63.7 cm³/mol. The second-order valence-electron chi connectivity index (χ2n) is 3.15. The first-order valence-corrected chi connectivity index (χ1v) is 5.75. The summed E-state index contributed by atoms with van der Waals surface area (Å²) < 4.78 is 0. The van der Waals surface area contributed by atoms with Gasteiger partial charge in [0.25, 0.3) is 0 Å². The van der Waals surface area contributed by atoms with Gasteiger partial charge in [0.15, 0.2) is 5.11 Å². The van der Waals surface area contributed by atoms with Gasteiger partial charge < -0.3 is 5.73 Å². The van der Waals surface area contributed by atoms with Gasteiger partial charge in [-0.05, 0) is 42.9 Å². The van der Waals surface area contributed by atoms with E-state index in [1.165, 1.54) is 16.9 Å². The Morgan fingerprint density at radius 2 is 2.43 bits per heavy atom. The number of fused-ring (bicyclic) bond motifs is 1. The van der Waals surface area contributed by atoms with Crippen LogP contribution in [0.3, 0.4) is 0 Å². The summed E-state index contributed by atoms with van der Waals surface area (Å²) in [6, 6.07) is 2.11. The molecule has 0 atom stereocenters. The lowest BCUT2D eigenvalue weighted by molar-refractivity contribution is 0.842. The van der Waals surface area contributed by atoms with E-state index in [1.807, 2.05) is 0 Å². The third kappa shape index (κ3) is 1.93. The summed E-state index contributed by atoms with van der Waals surface area (Å²) in [5, 5.41) is 6.53. The van der Waals surface area contributed by atoms with Crippen molar-refractivity contribution in [3.05, 3.63) is 21.9 Å². The van der Waals surface area contributed by atoms with Gasteiger partial charge in [0.05, 0.1) is 5.71 Å². The topological polar surface area (TPSA) is 50.4 Å². The van der Waals surface area contributed by atoms with E-state index in [2.05, 4.69) is 22.0 Å². The molecule has 1 aliphatic rings. The Morgan fingerprint density at radius 1 is 1.57 bits per heavy atom. The number of thiophene rings is 1. The van der Waals surface area contributed by atoms with E-state index in [0.29, 0.717) is 0 Å². The first-order chi connectivity index (χ1) is 6.77. The maximum Gasteiger partial charge on any atom is 0.184 e. The number of nitrogens with one attached hydrogen (secondary N) is 1. The second-order valence-corrected chi connectivity index (χ2v) is 4.59. The molecule has 0 radical (unpaired) electrons. The highest BCUT2D eigenvalue weighted by Crippen LogP contribution is 2.26. The van der Waals surface area contributed by atoms with Crippen LogP contribution in [0, 0.1) is 0 Å². The predicted octanol–water partition coefficient (Wildman–Crippen LogP) is 1.62. The number of hydrogen-bond donors (Lipinski definition) is 2. The number of hydrazone groups is 1. The molecule has 0 saturated carbocycles. The van der Waals surface area contributed by atoms with Crippen LogP contribution >= 0.6 is 23.6 Å². The van der Waals surface area contributed by atoms with Gasteiger partial charge in [0, 0.05) is 10.4 Å². The minimum Gasteiger partial charge on any atom is -0.375 e. The van der Waals surface area contributed by atoms with Crippen molar-refractivity contribution in [2.45, 2.75) is 19.3 Å². The average Bonchev–Trinajstić information content (AvgIpc) is 2.62. The molecule has 0 spiro atoms. The molecule has 0 bridgehead atoms. The monoisotopic (exact) mass is 225 g/mol. The fourth-order valence-electron chi connectivity index (χ4n) is 1.58. The van der Waals surface area contributed by atoms with Crippen molar-refractivity contribution >= 4 is 34.4 Å². The molecule has 1 aromatic rings. The van der Waals surface area contributed by atoms with Crippen molar-refractivity contribution in [3.63, 3.8) is 0 Å². The van der Waals surface area contributed by atoms with Crippen molar-refractivity contribution in [3.8, 4) is 0 Å². The molecule has 74 valence electrons. The van der Waals surface area contributed by atoms with Gasteiger partial charge in [-0.3, -0.25) is 5.43 Å². The standard InChI is InChI=1S/C9H11N3S2/c10-9(13)12-11-7-2-1-3-8-6(7)4-5-14-8/h4-5H,1-3H2,(H3,10,12,13)/b11-7-. The Hall–Kier alpha value is -0.940. The summed E-state index contributed by atoms with van der Waals surface area (Å²) in [4.78, 5) is 1.42.